The molecule has 1 amide bonds. The fourth-order valence-corrected chi connectivity index (χ4v) is 6.08. The lowest BCUT2D eigenvalue weighted by molar-refractivity contribution is -0.111. The van der Waals surface area contributed by atoms with Gasteiger partial charge in [-0.1, -0.05) is 121 Å². The molecule has 2 aromatic rings. The minimum absolute atomic E-state index is 0.129. The average molecular weight is 556 g/mol. The Bertz CT molecular complexity index is 1080. The molecule has 216 valence electrons. The number of rotatable bonds is 21. The number of aromatic hydroxyl groups is 1. The zero-order valence-corrected chi connectivity index (χ0v) is 24.7. The van der Waals surface area contributed by atoms with Crippen LogP contribution in [0.1, 0.15) is 115 Å². The summed E-state index contributed by atoms with van der Waals surface area (Å²) in [5.74, 6) is -0.0616. The number of carbonyl (C=O) groups excluding carboxylic acids is 1. The highest BCUT2D eigenvalue weighted by atomic mass is 32.2. The van der Waals surface area contributed by atoms with Gasteiger partial charge in [0.15, 0.2) is 9.84 Å². The number of nitrogens with one attached hydrogen (secondary N) is 1. The van der Waals surface area contributed by atoms with Crippen molar-refractivity contribution < 1.29 is 18.3 Å². The summed E-state index contributed by atoms with van der Waals surface area (Å²) in [6, 6.07) is 12.9. The van der Waals surface area contributed by atoms with Crippen LogP contribution in [-0.4, -0.2) is 25.2 Å². The van der Waals surface area contributed by atoms with E-state index in [0.29, 0.717) is 12.1 Å². The van der Waals surface area contributed by atoms with E-state index in [0.717, 1.165) is 18.4 Å². The van der Waals surface area contributed by atoms with E-state index in [9.17, 15) is 18.3 Å². The van der Waals surface area contributed by atoms with Crippen molar-refractivity contribution in [1.82, 2.24) is 0 Å². The maximum atomic E-state index is 12.8. The lowest BCUT2D eigenvalue weighted by Gasteiger charge is -2.08. The number of hydrogen-bond donors (Lipinski definition) is 2. The number of phenolic OH excluding ortho intramolecular Hbond substituents is 1. The number of phenols is 1. The Labute approximate surface area is 237 Å². The highest BCUT2D eigenvalue weighted by Gasteiger charge is 2.14. The number of unbranched alkanes of at least 4 members (excludes halogenated alkanes) is 15. The van der Waals surface area contributed by atoms with Gasteiger partial charge in [0.2, 0.25) is 5.91 Å². The van der Waals surface area contributed by atoms with E-state index in [1.54, 1.807) is 48.5 Å². The lowest BCUT2D eigenvalue weighted by Crippen LogP contribution is -2.10. The second-order valence-electron chi connectivity index (χ2n) is 10.6. The molecular formula is C33H49NO4S. The standard InChI is InChI=1S/C33H49NO4S/c1-2-3-4-5-6-7-8-9-10-11-12-13-14-15-16-17-27-39(37,38)32-20-18-19-30(28-32)34-33(36)26-23-29-21-24-31(35)25-22-29/h18-26,28,35H,2-17,27H2,1H3,(H,34,36)/b26-23+. The molecule has 0 spiro atoms. The van der Waals surface area contributed by atoms with Gasteiger partial charge in [-0.2, -0.15) is 0 Å². The maximum Gasteiger partial charge on any atom is 0.248 e. The van der Waals surface area contributed by atoms with Crippen molar-refractivity contribution in [2.45, 2.75) is 115 Å². The van der Waals surface area contributed by atoms with E-state index >= 15 is 0 Å². The number of carbonyl (C=O) groups is 1. The molecule has 39 heavy (non-hydrogen) atoms. The summed E-state index contributed by atoms with van der Waals surface area (Å²) in [6.45, 7) is 2.26. The van der Waals surface area contributed by atoms with E-state index in [2.05, 4.69) is 12.2 Å². The quantitative estimate of drug-likeness (QED) is 0.119. The number of hydrogen-bond acceptors (Lipinski definition) is 4. The number of benzene rings is 2. The van der Waals surface area contributed by atoms with Gasteiger partial charge in [0.25, 0.3) is 0 Å². The predicted octanol–water partition coefficient (Wildman–Crippen LogP) is 9.08. The minimum atomic E-state index is -3.39. The van der Waals surface area contributed by atoms with E-state index in [4.69, 9.17) is 0 Å². The van der Waals surface area contributed by atoms with Crippen LogP contribution in [0.4, 0.5) is 5.69 Å². The Morgan fingerprint density at radius 2 is 1.26 bits per heavy atom. The molecule has 0 aliphatic carbocycles. The summed E-state index contributed by atoms with van der Waals surface area (Å²) < 4.78 is 25.6. The van der Waals surface area contributed by atoms with Crippen molar-refractivity contribution in [3.8, 4) is 5.75 Å². The molecule has 2 N–H and O–H groups in total. The molecule has 0 heterocycles. The molecule has 0 radical (unpaired) electrons. The molecule has 0 atom stereocenters. The highest BCUT2D eigenvalue weighted by Crippen LogP contribution is 2.19. The molecule has 2 aromatic carbocycles. The molecule has 0 aliphatic rings. The van der Waals surface area contributed by atoms with Crippen molar-refractivity contribution in [2.75, 3.05) is 11.1 Å². The molecule has 0 saturated heterocycles. The third kappa shape index (κ3) is 14.9. The van der Waals surface area contributed by atoms with Gasteiger partial charge in [-0.3, -0.25) is 4.79 Å². The first kappa shape index (κ1) is 32.6. The largest absolute Gasteiger partial charge is 0.508 e. The first-order valence-electron chi connectivity index (χ1n) is 15.0. The van der Waals surface area contributed by atoms with Crippen molar-refractivity contribution in [3.63, 3.8) is 0 Å². The Hall–Kier alpha value is -2.60. The number of anilines is 1. The summed E-state index contributed by atoms with van der Waals surface area (Å²) in [5, 5.41) is 12.1. The minimum Gasteiger partial charge on any atom is -0.508 e. The van der Waals surface area contributed by atoms with Crippen LogP contribution >= 0.6 is 0 Å². The highest BCUT2D eigenvalue weighted by molar-refractivity contribution is 7.91. The van der Waals surface area contributed by atoms with Gasteiger partial charge in [-0.25, -0.2) is 8.42 Å². The van der Waals surface area contributed by atoms with Crippen LogP contribution in [0.2, 0.25) is 0 Å². The number of amides is 1. The Kier molecular flexibility index (Phi) is 16.3. The van der Waals surface area contributed by atoms with Gasteiger partial charge in [0, 0.05) is 11.8 Å². The third-order valence-corrected chi connectivity index (χ3v) is 8.85. The van der Waals surface area contributed by atoms with Crippen molar-refractivity contribution in [2.24, 2.45) is 0 Å². The Balaban J connectivity index is 1.57. The zero-order chi connectivity index (χ0) is 28.2. The van der Waals surface area contributed by atoms with Gasteiger partial charge in [0.1, 0.15) is 5.75 Å². The summed E-state index contributed by atoms with van der Waals surface area (Å²) in [6.07, 6.45) is 23.1. The SMILES string of the molecule is CCCCCCCCCCCCCCCCCCS(=O)(=O)c1cccc(NC(=O)/C=C/c2ccc(O)cc2)c1. The molecule has 0 fully saturated rings. The van der Waals surface area contributed by atoms with Crippen LogP contribution in [0, 0.1) is 0 Å². The van der Waals surface area contributed by atoms with E-state index in [1.807, 2.05) is 0 Å². The second kappa shape index (κ2) is 19.5. The van der Waals surface area contributed by atoms with Gasteiger partial charge in [-0.15, -0.1) is 0 Å². The van der Waals surface area contributed by atoms with Crippen molar-refractivity contribution in [1.29, 1.82) is 0 Å². The van der Waals surface area contributed by atoms with E-state index in [-0.39, 0.29) is 22.3 Å². The van der Waals surface area contributed by atoms with Crippen LogP contribution in [-0.2, 0) is 14.6 Å². The number of sulfone groups is 1. The molecule has 0 bridgehead atoms. The lowest BCUT2D eigenvalue weighted by atomic mass is 10.0. The van der Waals surface area contributed by atoms with Gasteiger partial charge >= 0.3 is 0 Å². The smallest absolute Gasteiger partial charge is 0.248 e. The summed E-state index contributed by atoms with van der Waals surface area (Å²) in [5.41, 5.74) is 1.22. The molecule has 0 saturated carbocycles. The Morgan fingerprint density at radius 1 is 0.744 bits per heavy atom. The van der Waals surface area contributed by atoms with Gasteiger partial charge in [0.05, 0.1) is 10.6 Å². The van der Waals surface area contributed by atoms with Gasteiger partial charge in [-0.05, 0) is 48.4 Å². The normalized spacial score (nSPS) is 11.7. The van der Waals surface area contributed by atoms with E-state index in [1.165, 1.54) is 95.6 Å². The molecule has 2 rings (SSSR count). The first-order chi connectivity index (χ1) is 18.9. The fourth-order valence-electron chi connectivity index (χ4n) is 4.67. The average Bonchev–Trinajstić information content (AvgIpc) is 2.92. The van der Waals surface area contributed by atoms with E-state index < -0.39 is 9.84 Å². The molecular weight excluding hydrogens is 506 g/mol. The molecule has 0 aromatic heterocycles. The monoisotopic (exact) mass is 555 g/mol. The van der Waals surface area contributed by atoms with Crippen LogP contribution in [0.3, 0.4) is 0 Å². The summed E-state index contributed by atoms with van der Waals surface area (Å²) >= 11 is 0. The predicted molar refractivity (Wildman–Crippen MR) is 164 cm³/mol. The third-order valence-electron chi connectivity index (χ3n) is 7.05. The molecule has 0 unspecified atom stereocenters. The maximum absolute atomic E-state index is 12.8. The van der Waals surface area contributed by atoms with Crippen LogP contribution < -0.4 is 5.32 Å². The molecule has 5 nitrogen and oxygen atoms in total. The van der Waals surface area contributed by atoms with Crippen LogP contribution in [0.5, 0.6) is 5.75 Å². The van der Waals surface area contributed by atoms with Crippen molar-refractivity contribution in [3.05, 3.63) is 60.2 Å². The zero-order valence-electron chi connectivity index (χ0n) is 23.9. The fraction of sp³-hybridized carbons (Fsp3) is 0.545. The van der Waals surface area contributed by atoms with Crippen molar-refractivity contribution >= 4 is 27.5 Å². The van der Waals surface area contributed by atoms with Crippen LogP contribution in [0.25, 0.3) is 6.08 Å². The van der Waals surface area contributed by atoms with Gasteiger partial charge < -0.3 is 10.4 Å². The summed E-state index contributed by atoms with van der Waals surface area (Å²) in [4.78, 5) is 12.5. The first-order valence-corrected chi connectivity index (χ1v) is 16.7. The topological polar surface area (TPSA) is 83.5 Å². The second-order valence-corrected chi connectivity index (χ2v) is 12.7. The molecule has 6 heteroatoms. The Morgan fingerprint density at radius 3 is 1.79 bits per heavy atom. The van der Waals surface area contributed by atoms with Crippen LogP contribution in [0.15, 0.2) is 59.5 Å². The molecule has 0 aliphatic heterocycles. The summed E-state index contributed by atoms with van der Waals surface area (Å²) in [7, 11) is -3.39.